The Morgan fingerprint density at radius 1 is 0.957 bits per heavy atom. The van der Waals surface area contributed by atoms with Crippen LogP contribution in [0, 0.1) is 5.92 Å². The van der Waals surface area contributed by atoms with E-state index < -0.39 is 10.0 Å². The first-order chi connectivity index (χ1) is 11.1. The van der Waals surface area contributed by atoms with E-state index in [0.29, 0.717) is 19.3 Å². The average Bonchev–Trinajstić information content (AvgIpc) is 2.56. The maximum absolute atomic E-state index is 12.5. The van der Waals surface area contributed by atoms with E-state index in [2.05, 4.69) is 9.62 Å². The number of ether oxygens (including phenoxy) is 1. The lowest BCUT2D eigenvalue weighted by Gasteiger charge is -2.40. The van der Waals surface area contributed by atoms with E-state index in [9.17, 15) is 8.42 Å². The van der Waals surface area contributed by atoms with Gasteiger partial charge in [0.15, 0.2) is 0 Å². The van der Waals surface area contributed by atoms with Gasteiger partial charge in [0, 0.05) is 31.8 Å². The third-order valence-electron chi connectivity index (χ3n) is 5.69. The molecule has 1 saturated carbocycles. The topological polar surface area (TPSA) is 58.6 Å². The monoisotopic (exact) mass is 344 g/mol. The number of likely N-dealkylation sites (tertiary alicyclic amines) is 1. The molecule has 23 heavy (non-hydrogen) atoms. The van der Waals surface area contributed by atoms with Gasteiger partial charge in [-0.15, -0.1) is 0 Å². The first kappa shape index (κ1) is 17.6. The number of nitrogens with one attached hydrogen (secondary N) is 1. The molecule has 6 heteroatoms. The normalized spacial score (nSPS) is 29.7. The molecule has 0 aromatic heterocycles. The highest BCUT2D eigenvalue weighted by atomic mass is 32.2. The molecule has 3 fully saturated rings. The minimum Gasteiger partial charge on any atom is -0.381 e. The number of hydrogen-bond donors (Lipinski definition) is 1. The maximum Gasteiger partial charge on any atom is 0.212 e. The van der Waals surface area contributed by atoms with Crippen molar-refractivity contribution in [1.82, 2.24) is 9.62 Å². The zero-order valence-electron chi connectivity index (χ0n) is 14.2. The zero-order chi connectivity index (χ0) is 16.1. The van der Waals surface area contributed by atoms with Crippen molar-refractivity contribution in [2.75, 3.05) is 32.1 Å². The van der Waals surface area contributed by atoms with E-state index in [-0.39, 0.29) is 17.7 Å². The van der Waals surface area contributed by atoms with Gasteiger partial charge in [-0.05, 0) is 51.0 Å². The van der Waals surface area contributed by atoms with Crippen LogP contribution in [0.1, 0.15) is 57.8 Å². The van der Waals surface area contributed by atoms with Crippen molar-refractivity contribution < 1.29 is 13.2 Å². The molecule has 2 heterocycles. The SMILES string of the molecule is O=S(=O)(CC1CCOCC1)N[C@H]1CCCN(C2CCCCC2)C1. The second-order valence-corrected chi connectivity index (χ2v) is 9.38. The maximum atomic E-state index is 12.5. The Labute approximate surface area is 141 Å². The van der Waals surface area contributed by atoms with Gasteiger partial charge >= 0.3 is 0 Å². The van der Waals surface area contributed by atoms with E-state index in [1.54, 1.807) is 0 Å². The van der Waals surface area contributed by atoms with E-state index in [0.717, 1.165) is 38.8 Å². The minimum absolute atomic E-state index is 0.107. The van der Waals surface area contributed by atoms with Crippen molar-refractivity contribution >= 4 is 10.0 Å². The quantitative estimate of drug-likeness (QED) is 0.830. The molecule has 2 saturated heterocycles. The van der Waals surface area contributed by atoms with Gasteiger partial charge in [-0.25, -0.2) is 13.1 Å². The number of nitrogens with zero attached hydrogens (tertiary/aromatic N) is 1. The Hall–Kier alpha value is -0.170. The van der Waals surface area contributed by atoms with Crippen LogP contribution in [-0.4, -0.2) is 57.5 Å². The van der Waals surface area contributed by atoms with Crippen LogP contribution in [0.3, 0.4) is 0 Å². The summed E-state index contributed by atoms with van der Waals surface area (Å²) in [7, 11) is -3.17. The van der Waals surface area contributed by atoms with Gasteiger partial charge in [0.1, 0.15) is 0 Å². The lowest BCUT2D eigenvalue weighted by Crippen LogP contribution is -2.52. The molecule has 1 aliphatic carbocycles. The minimum atomic E-state index is -3.17. The molecule has 3 aliphatic rings. The van der Waals surface area contributed by atoms with Gasteiger partial charge in [0.25, 0.3) is 0 Å². The molecule has 0 amide bonds. The van der Waals surface area contributed by atoms with Gasteiger partial charge in [-0.1, -0.05) is 19.3 Å². The molecule has 1 N–H and O–H groups in total. The van der Waals surface area contributed by atoms with E-state index in [4.69, 9.17) is 4.74 Å². The van der Waals surface area contributed by atoms with E-state index >= 15 is 0 Å². The first-order valence-electron chi connectivity index (χ1n) is 9.44. The highest BCUT2D eigenvalue weighted by Crippen LogP contribution is 2.25. The Balaban J connectivity index is 1.49. The average molecular weight is 345 g/mol. The fraction of sp³-hybridized carbons (Fsp3) is 1.00. The third kappa shape index (κ3) is 5.41. The number of hydrogen-bond acceptors (Lipinski definition) is 4. The Kier molecular flexibility index (Phi) is 6.35. The van der Waals surface area contributed by atoms with E-state index in [1.807, 2.05) is 0 Å². The highest BCUT2D eigenvalue weighted by molar-refractivity contribution is 7.89. The predicted octanol–water partition coefficient (Wildman–Crippen LogP) is 2.13. The molecule has 0 aromatic rings. The Morgan fingerprint density at radius 2 is 1.70 bits per heavy atom. The van der Waals surface area contributed by atoms with Crippen LogP contribution < -0.4 is 4.72 Å². The van der Waals surface area contributed by atoms with E-state index in [1.165, 1.54) is 32.1 Å². The summed E-state index contributed by atoms with van der Waals surface area (Å²) in [6, 6.07) is 0.794. The zero-order valence-corrected chi connectivity index (χ0v) is 15.0. The molecular formula is C17H32N2O3S. The number of piperidine rings is 1. The molecule has 134 valence electrons. The summed E-state index contributed by atoms with van der Waals surface area (Å²) in [6.07, 6.45) is 10.5. The summed E-state index contributed by atoms with van der Waals surface area (Å²) in [5, 5.41) is 0. The molecule has 2 aliphatic heterocycles. The summed E-state index contributed by atoms with van der Waals surface area (Å²) in [5.41, 5.74) is 0. The molecule has 0 unspecified atom stereocenters. The fourth-order valence-corrected chi connectivity index (χ4v) is 6.16. The van der Waals surface area contributed by atoms with Crippen molar-refractivity contribution in [2.45, 2.75) is 69.9 Å². The lowest BCUT2D eigenvalue weighted by molar-refractivity contribution is 0.0722. The van der Waals surface area contributed by atoms with Gasteiger partial charge < -0.3 is 4.74 Å². The molecule has 0 aromatic carbocycles. The third-order valence-corrected chi connectivity index (χ3v) is 7.29. The van der Waals surface area contributed by atoms with Crippen LogP contribution in [-0.2, 0) is 14.8 Å². The molecule has 0 spiro atoms. The Bertz CT molecular complexity index is 456. The van der Waals surface area contributed by atoms with Crippen molar-refractivity contribution in [1.29, 1.82) is 0 Å². The van der Waals surface area contributed by atoms with Crippen LogP contribution >= 0.6 is 0 Å². The van der Waals surface area contributed by atoms with Crippen LogP contribution in [0.4, 0.5) is 0 Å². The van der Waals surface area contributed by atoms with Gasteiger partial charge in [-0.3, -0.25) is 4.90 Å². The second-order valence-electron chi connectivity index (χ2n) is 7.58. The largest absolute Gasteiger partial charge is 0.381 e. The van der Waals surface area contributed by atoms with Crippen LogP contribution in [0.5, 0.6) is 0 Å². The fourth-order valence-electron chi connectivity index (χ4n) is 4.41. The summed E-state index contributed by atoms with van der Waals surface area (Å²) in [6.45, 7) is 3.46. The molecule has 0 radical (unpaired) electrons. The highest BCUT2D eigenvalue weighted by Gasteiger charge is 2.30. The molecule has 5 nitrogen and oxygen atoms in total. The van der Waals surface area contributed by atoms with Crippen molar-refractivity contribution in [3.05, 3.63) is 0 Å². The van der Waals surface area contributed by atoms with Crippen LogP contribution in [0.2, 0.25) is 0 Å². The van der Waals surface area contributed by atoms with Crippen molar-refractivity contribution in [2.24, 2.45) is 5.92 Å². The van der Waals surface area contributed by atoms with Gasteiger partial charge in [-0.2, -0.15) is 0 Å². The smallest absolute Gasteiger partial charge is 0.212 e. The van der Waals surface area contributed by atoms with Crippen LogP contribution in [0.25, 0.3) is 0 Å². The van der Waals surface area contributed by atoms with Gasteiger partial charge in [0.2, 0.25) is 10.0 Å². The standard InChI is InChI=1S/C17H32N2O3S/c20-23(21,14-15-8-11-22-12-9-15)18-16-5-4-10-19(13-16)17-6-2-1-3-7-17/h15-18H,1-14H2/t16-/m0/s1. The summed E-state index contributed by atoms with van der Waals surface area (Å²) < 4.78 is 33.3. The predicted molar refractivity (Wildman–Crippen MR) is 91.9 cm³/mol. The first-order valence-corrected chi connectivity index (χ1v) is 11.1. The lowest BCUT2D eigenvalue weighted by atomic mass is 9.92. The Morgan fingerprint density at radius 3 is 2.43 bits per heavy atom. The molecule has 3 rings (SSSR count). The summed E-state index contributed by atoms with van der Waals surface area (Å²) in [4.78, 5) is 2.55. The number of rotatable bonds is 5. The van der Waals surface area contributed by atoms with Crippen molar-refractivity contribution in [3.8, 4) is 0 Å². The number of sulfonamides is 1. The summed E-state index contributed by atoms with van der Waals surface area (Å²) in [5.74, 6) is 0.537. The molecule has 0 bridgehead atoms. The molecule has 1 atom stereocenters. The molecular weight excluding hydrogens is 312 g/mol. The van der Waals surface area contributed by atoms with Gasteiger partial charge in [0.05, 0.1) is 5.75 Å². The summed E-state index contributed by atoms with van der Waals surface area (Å²) >= 11 is 0. The second kappa shape index (κ2) is 8.28. The van der Waals surface area contributed by atoms with Crippen LogP contribution in [0.15, 0.2) is 0 Å². The van der Waals surface area contributed by atoms with Crippen molar-refractivity contribution in [3.63, 3.8) is 0 Å².